The molecule has 0 radical (unpaired) electrons. The molecule has 0 spiro atoms. The Morgan fingerprint density at radius 3 is 2.85 bits per heavy atom. The lowest BCUT2D eigenvalue weighted by Gasteiger charge is -2.25. The average molecular weight is 402 g/mol. The molecule has 2 aliphatic heterocycles. The Bertz CT molecular complexity index is 825. The van der Waals surface area contributed by atoms with Crippen LogP contribution in [0.5, 0.6) is 5.75 Å². The maximum absolute atomic E-state index is 12.3. The molecule has 26 heavy (non-hydrogen) atoms. The molecule has 0 bridgehead atoms. The van der Waals surface area contributed by atoms with Crippen LogP contribution >= 0.6 is 11.6 Å². The van der Waals surface area contributed by atoms with Crippen LogP contribution in [0.2, 0.25) is 5.02 Å². The van der Waals surface area contributed by atoms with Crippen molar-refractivity contribution >= 4 is 33.3 Å². The van der Waals surface area contributed by atoms with Gasteiger partial charge in [0.1, 0.15) is 12.4 Å². The van der Waals surface area contributed by atoms with Gasteiger partial charge in [-0.3, -0.25) is 9.59 Å². The van der Waals surface area contributed by atoms with Gasteiger partial charge in [0.2, 0.25) is 0 Å². The third-order valence-electron chi connectivity index (χ3n) is 4.50. The highest BCUT2D eigenvalue weighted by Crippen LogP contribution is 2.30. The molecule has 1 saturated heterocycles. The zero-order valence-corrected chi connectivity index (χ0v) is 15.8. The number of rotatable bonds is 4. The number of halogens is 1. The molecule has 0 saturated carbocycles. The second kappa shape index (κ2) is 7.44. The van der Waals surface area contributed by atoms with Crippen LogP contribution in [0, 0.1) is 5.92 Å². The summed E-state index contributed by atoms with van der Waals surface area (Å²) in [5.74, 6) is -0.881. The van der Waals surface area contributed by atoms with E-state index in [1.807, 2.05) is 0 Å². The van der Waals surface area contributed by atoms with Gasteiger partial charge in [-0.05, 0) is 43.5 Å². The quantitative estimate of drug-likeness (QED) is 0.759. The molecule has 1 aromatic carbocycles. The highest BCUT2D eigenvalue weighted by atomic mass is 35.5. The van der Waals surface area contributed by atoms with E-state index in [2.05, 4.69) is 5.32 Å². The van der Waals surface area contributed by atoms with Crippen LogP contribution in [0.4, 0.5) is 0 Å². The van der Waals surface area contributed by atoms with E-state index in [1.54, 1.807) is 18.2 Å². The molecule has 1 aromatic rings. The third kappa shape index (κ3) is 4.48. The van der Waals surface area contributed by atoms with Gasteiger partial charge in [0, 0.05) is 11.1 Å². The summed E-state index contributed by atoms with van der Waals surface area (Å²) < 4.78 is 33.7. The molecule has 2 aliphatic rings. The zero-order valence-electron chi connectivity index (χ0n) is 14.2. The van der Waals surface area contributed by atoms with Crippen molar-refractivity contribution < 1.29 is 27.5 Å². The number of ether oxygens (including phenoxy) is 2. The molecule has 0 aliphatic carbocycles. The number of carbonyl (C=O) groups excluding carboxylic acids is 2. The van der Waals surface area contributed by atoms with Gasteiger partial charge in [0.15, 0.2) is 15.9 Å². The van der Waals surface area contributed by atoms with E-state index in [0.717, 1.165) is 5.56 Å². The number of esters is 1. The maximum atomic E-state index is 12.3. The summed E-state index contributed by atoms with van der Waals surface area (Å²) in [6.45, 7) is 1.63. The summed E-state index contributed by atoms with van der Waals surface area (Å²) in [5, 5.41) is 3.18. The normalized spacial score (nSPS) is 24.8. The molecule has 3 rings (SSSR count). The lowest BCUT2D eigenvalue weighted by atomic mass is 9.97. The summed E-state index contributed by atoms with van der Waals surface area (Å²) in [6, 6.07) is 4.78. The molecule has 9 heteroatoms. The molecule has 2 heterocycles. The number of amides is 1. The molecule has 0 unspecified atom stereocenters. The average Bonchev–Trinajstić information content (AvgIpc) is 2.92. The summed E-state index contributed by atoms with van der Waals surface area (Å²) in [6.07, 6.45) is -0.210. The van der Waals surface area contributed by atoms with Crippen LogP contribution in [-0.4, -0.2) is 50.6 Å². The van der Waals surface area contributed by atoms with E-state index >= 15 is 0 Å². The van der Waals surface area contributed by atoms with E-state index in [9.17, 15) is 18.0 Å². The highest BCUT2D eigenvalue weighted by Gasteiger charge is 2.33. The van der Waals surface area contributed by atoms with Crippen molar-refractivity contribution in [3.63, 3.8) is 0 Å². The predicted octanol–water partition coefficient (Wildman–Crippen LogP) is 1.13. The van der Waals surface area contributed by atoms with Crippen molar-refractivity contribution in [3.05, 3.63) is 28.8 Å². The molecule has 1 fully saturated rings. The van der Waals surface area contributed by atoms with Gasteiger partial charge >= 0.3 is 5.97 Å². The number of fused-ring (bicyclic) bond motifs is 1. The number of benzene rings is 1. The molecule has 0 aromatic heterocycles. The predicted molar refractivity (Wildman–Crippen MR) is 94.9 cm³/mol. The van der Waals surface area contributed by atoms with E-state index in [4.69, 9.17) is 21.1 Å². The molecule has 142 valence electrons. The first kappa shape index (κ1) is 19.0. The number of nitrogens with one attached hydrogen (secondary N) is 1. The second-order valence-electron chi connectivity index (χ2n) is 6.65. The molecule has 3 atom stereocenters. The Morgan fingerprint density at radius 2 is 2.15 bits per heavy atom. The number of hydrogen-bond donors (Lipinski definition) is 1. The minimum Gasteiger partial charge on any atom is -0.492 e. The highest BCUT2D eigenvalue weighted by molar-refractivity contribution is 7.91. The Labute approximate surface area is 156 Å². The first-order valence-electron chi connectivity index (χ1n) is 8.36. The van der Waals surface area contributed by atoms with Gasteiger partial charge in [-0.2, -0.15) is 0 Å². The zero-order chi connectivity index (χ0) is 18.9. The first-order valence-corrected chi connectivity index (χ1v) is 10.6. The smallest absolute Gasteiger partial charge is 0.313 e. The Morgan fingerprint density at radius 1 is 1.38 bits per heavy atom. The molecule has 7 nitrogen and oxygen atoms in total. The van der Waals surface area contributed by atoms with Gasteiger partial charge in [-0.15, -0.1) is 0 Å². The fourth-order valence-electron chi connectivity index (χ4n) is 3.07. The monoisotopic (exact) mass is 401 g/mol. The summed E-state index contributed by atoms with van der Waals surface area (Å²) >= 11 is 5.96. The van der Waals surface area contributed by atoms with Crippen LogP contribution in [-0.2, 0) is 30.6 Å². The molecular formula is C17H20ClNO6S. The summed E-state index contributed by atoms with van der Waals surface area (Å²) in [4.78, 5) is 24.5. The Kier molecular flexibility index (Phi) is 5.43. The Balaban J connectivity index is 1.53. The topological polar surface area (TPSA) is 98.8 Å². The van der Waals surface area contributed by atoms with Crippen LogP contribution in [0.25, 0.3) is 0 Å². The van der Waals surface area contributed by atoms with E-state index < -0.39 is 39.8 Å². The van der Waals surface area contributed by atoms with Crippen molar-refractivity contribution in [2.45, 2.75) is 31.9 Å². The van der Waals surface area contributed by atoms with Gasteiger partial charge in [-0.1, -0.05) is 11.6 Å². The third-order valence-corrected chi connectivity index (χ3v) is 6.51. The van der Waals surface area contributed by atoms with Gasteiger partial charge in [0.05, 0.1) is 17.4 Å². The lowest BCUT2D eigenvalue weighted by Crippen LogP contribution is -2.43. The van der Waals surface area contributed by atoms with Crippen molar-refractivity contribution in [1.29, 1.82) is 0 Å². The molecular weight excluding hydrogens is 382 g/mol. The van der Waals surface area contributed by atoms with Gasteiger partial charge < -0.3 is 14.8 Å². The number of carbonyl (C=O) groups is 2. The van der Waals surface area contributed by atoms with Crippen molar-refractivity contribution in [1.82, 2.24) is 5.32 Å². The van der Waals surface area contributed by atoms with E-state index in [-0.39, 0.29) is 18.1 Å². The van der Waals surface area contributed by atoms with Crippen molar-refractivity contribution in [2.24, 2.45) is 5.92 Å². The molecule has 1 N–H and O–H groups in total. The largest absolute Gasteiger partial charge is 0.492 e. The SMILES string of the molecule is C[C@@H](OC(=O)[C@H]1COc2ccc(Cl)cc2C1)C(=O)N[C@H]1CCS(=O)(=O)C1. The second-order valence-corrected chi connectivity index (χ2v) is 9.32. The Hall–Kier alpha value is -1.80. The van der Waals surface area contributed by atoms with E-state index in [1.165, 1.54) is 6.92 Å². The van der Waals surface area contributed by atoms with Crippen LogP contribution in [0.15, 0.2) is 18.2 Å². The summed E-state index contributed by atoms with van der Waals surface area (Å²) in [7, 11) is -3.09. The minimum atomic E-state index is -3.09. The minimum absolute atomic E-state index is 0.0630. The van der Waals surface area contributed by atoms with Crippen molar-refractivity contribution in [2.75, 3.05) is 18.1 Å². The van der Waals surface area contributed by atoms with E-state index in [0.29, 0.717) is 23.6 Å². The number of sulfone groups is 1. The first-order chi connectivity index (χ1) is 12.2. The molecule has 1 amide bonds. The fraction of sp³-hybridized carbons (Fsp3) is 0.529. The van der Waals surface area contributed by atoms with Gasteiger partial charge in [0.25, 0.3) is 5.91 Å². The fourth-order valence-corrected chi connectivity index (χ4v) is 4.93. The number of hydrogen-bond acceptors (Lipinski definition) is 6. The van der Waals surface area contributed by atoms with Crippen molar-refractivity contribution in [3.8, 4) is 5.75 Å². The standard InChI is InChI=1S/C17H20ClNO6S/c1-10(16(20)19-14-4-5-26(22,23)9-14)25-17(21)12-6-11-7-13(18)2-3-15(11)24-8-12/h2-3,7,10,12,14H,4-6,8-9H2,1H3,(H,19,20)/t10-,12-,14+/m1/s1. The van der Waals surface area contributed by atoms with Crippen LogP contribution in [0.1, 0.15) is 18.9 Å². The van der Waals surface area contributed by atoms with Crippen LogP contribution < -0.4 is 10.1 Å². The van der Waals surface area contributed by atoms with Crippen LogP contribution in [0.3, 0.4) is 0 Å². The summed E-state index contributed by atoms with van der Waals surface area (Å²) in [5.41, 5.74) is 0.818. The van der Waals surface area contributed by atoms with Gasteiger partial charge in [-0.25, -0.2) is 8.42 Å². The lowest BCUT2D eigenvalue weighted by molar-refractivity contribution is -0.160. The maximum Gasteiger partial charge on any atom is 0.313 e.